The van der Waals surface area contributed by atoms with Gasteiger partial charge >= 0.3 is 11.9 Å². The summed E-state index contributed by atoms with van der Waals surface area (Å²) >= 11 is 0. The highest BCUT2D eigenvalue weighted by atomic mass is 16.5. The number of imidazole rings is 2. The third-order valence-corrected chi connectivity index (χ3v) is 5.93. The van der Waals surface area contributed by atoms with Gasteiger partial charge in [-0.2, -0.15) is 0 Å². The zero-order chi connectivity index (χ0) is 30.0. The first kappa shape index (κ1) is 33.1. The molecule has 220 valence electrons. The molecule has 4 aromatic rings. The van der Waals surface area contributed by atoms with Gasteiger partial charge in [0.2, 0.25) is 0 Å². The van der Waals surface area contributed by atoms with E-state index in [0.29, 0.717) is 12.1 Å². The number of hydrogen-bond donors (Lipinski definition) is 2. The van der Waals surface area contributed by atoms with E-state index in [4.69, 9.17) is 4.74 Å². The van der Waals surface area contributed by atoms with Crippen molar-refractivity contribution in [2.24, 2.45) is 48.6 Å². The van der Waals surface area contributed by atoms with E-state index in [2.05, 4.69) is 44.9 Å². The number of aryl methyl sites for hydroxylation is 4. The minimum absolute atomic E-state index is 0.302. The highest BCUT2D eigenvalue weighted by Crippen LogP contribution is 2.15. The predicted octanol–water partition coefficient (Wildman–Crippen LogP) is 4.75. The SMILES string of the molecule is CNCC(C)OCC(C)NC.Cn1cc[n+](C)c1N=Nc1ccccc1.Cn1cc[n+](C)c1N=Nc1ccccc1. The summed E-state index contributed by atoms with van der Waals surface area (Å²) in [4.78, 5) is 0. The van der Waals surface area contributed by atoms with Crippen molar-refractivity contribution in [1.29, 1.82) is 0 Å². The fourth-order valence-corrected chi connectivity index (χ4v) is 3.38. The topological polar surface area (TPSA) is 100 Å². The molecular weight excluding hydrogens is 516 g/mol. The molecule has 2 heterocycles. The molecule has 0 spiro atoms. The Morgan fingerprint density at radius 2 is 1.17 bits per heavy atom. The van der Waals surface area contributed by atoms with Gasteiger partial charge < -0.3 is 15.4 Å². The number of azo groups is 2. The van der Waals surface area contributed by atoms with E-state index in [1.54, 1.807) is 0 Å². The Labute approximate surface area is 244 Å². The highest BCUT2D eigenvalue weighted by Gasteiger charge is 2.10. The van der Waals surface area contributed by atoms with Crippen molar-refractivity contribution in [1.82, 2.24) is 19.8 Å². The van der Waals surface area contributed by atoms with Crippen molar-refractivity contribution >= 4 is 23.3 Å². The summed E-state index contributed by atoms with van der Waals surface area (Å²) in [5.74, 6) is 1.64. The van der Waals surface area contributed by atoms with Gasteiger partial charge in [0, 0.05) is 22.8 Å². The fourth-order valence-electron chi connectivity index (χ4n) is 3.38. The largest absolute Gasteiger partial charge is 0.421 e. The molecule has 11 heteroatoms. The third kappa shape index (κ3) is 12.3. The van der Waals surface area contributed by atoms with Gasteiger partial charge in [0.25, 0.3) is 0 Å². The van der Waals surface area contributed by atoms with Crippen LogP contribution in [0.15, 0.2) is 106 Å². The van der Waals surface area contributed by atoms with Gasteiger partial charge in [-0.25, -0.2) is 18.3 Å². The van der Waals surface area contributed by atoms with Gasteiger partial charge in [0.15, 0.2) is 0 Å². The van der Waals surface area contributed by atoms with Crippen LogP contribution >= 0.6 is 0 Å². The number of nitrogens with one attached hydrogen (secondary N) is 2. The van der Waals surface area contributed by atoms with E-state index in [0.717, 1.165) is 36.4 Å². The lowest BCUT2D eigenvalue weighted by Crippen LogP contribution is -2.31. The molecule has 0 bridgehead atoms. The molecule has 0 aliphatic rings. The van der Waals surface area contributed by atoms with E-state index in [-0.39, 0.29) is 0 Å². The van der Waals surface area contributed by atoms with E-state index < -0.39 is 0 Å². The first-order chi connectivity index (χ1) is 19.7. The van der Waals surface area contributed by atoms with Crippen LogP contribution in [-0.4, -0.2) is 48.5 Å². The summed E-state index contributed by atoms with van der Waals surface area (Å²) in [5, 5.41) is 22.9. The van der Waals surface area contributed by atoms with Gasteiger partial charge in [-0.1, -0.05) is 46.6 Å². The molecule has 0 radical (unpaired) electrons. The lowest BCUT2D eigenvalue weighted by molar-refractivity contribution is -0.657. The molecule has 2 aromatic carbocycles. The lowest BCUT2D eigenvalue weighted by atomic mass is 10.3. The van der Waals surface area contributed by atoms with Gasteiger partial charge in [-0.3, -0.25) is 0 Å². The van der Waals surface area contributed by atoms with E-state index in [1.165, 1.54) is 0 Å². The van der Waals surface area contributed by atoms with Crippen LogP contribution in [0.5, 0.6) is 0 Å². The molecule has 0 aliphatic heterocycles. The smallest absolute Gasteiger partial charge is 0.376 e. The van der Waals surface area contributed by atoms with Crippen molar-refractivity contribution in [2.75, 3.05) is 27.2 Å². The van der Waals surface area contributed by atoms with Crippen LogP contribution in [0.25, 0.3) is 0 Å². The maximum Gasteiger partial charge on any atom is 0.421 e. The Morgan fingerprint density at radius 3 is 1.51 bits per heavy atom. The molecule has 0 saturated heterocycles. The molecule has 2 atom stereocenters. The standard InChI is InChI=1S/2C11H13N4.C8H20N2O/c2*1-14-8-9-15(2)11(14)13-12-10-6-4-3-5-7-10;1-7(10-4)6-11-8(2)5-9-3/h2*3-9H,1-2H3;7-10H,5-6H2,1-4H3/q2*+1;. The van der Waals surface area contributed by atoms with Crippen LogP contribution in [0.2, 0.25) is 0 Å². The van der Waals surface area contributed by atoms with E-state index in [9.17, 15) is 0 Å². The summed E-state index contributed by atoms with van der Waals surface area (Å²) in [6.45, 7) is 5.86. The van der Waals surface area contributed by atoms with E-state index >= 15 is 0 Å². The minimum Gasteiger partial charge on any atom is -0.376 e. The number of benzene rings is 2. The van der Waals surface area contributed by atoms with Crippen LogP contribution < -0.4 is 19.8 Å². The van der Waals surface area contributed by atoms with Crippen molar-refractivity contribution in [2.45, 2.75) is 26.0 Å². The van der Waals surface area contributed by atoms with Crippen LogP contribution in [0.4, 0.5) is 23.3 Å². The molecule has 11 nitrogen and oxygen atoms in total. The van der Waals surface area contributed by atoms with Crippen molar-refractivity contribution in [3.05, 3.63) is 85.5 Å². The number of rotatable bonds is 10. The average molecular weight is 563 g/mol. The molecule has 0 amide bonds. The first-order valence-corrected chi connectivity index (χ1v) is 13.6. The number of likely N-dealkylation sites (N-methyl/N-ethyl adjacent to an activating group) is 2. The Bertz CT molecular complexity index is 1190. The first-order valence-electron chi connectivity index (χ1n) is 13.6. The summed E-state index contributed by atoms with van der Waals surface area (Å²) in [6, 6.07) is 19.8. The molecular formula is C30H46N10O+2. The molecule has 0 saturated carbocycles. The molecule has 4 rings (SSSR count). The second kappa shape index (κ2) is 18.3. The predicted molar refractivity (Wildman–Crippen MR) is 162 cm³/mol. The van der Waals surface area contributed by atoms with Crippen LogP contribution in [-0.2, 0) is 32.9 Å². The Morgan fingerprint density at radius 1 is 0.732 bits per heavy atom. The fraction of sp³-hybridized carbons (Fsp3) is 0.400. The number of aromatic nitrogens is 4. The van der Waals surface area contributed by atoms with Gasteiger partial charge in [0.1, 0.15) is 11.4 Å². The summed E-state index contributed by atoms with van der Waals surface area (Å²) in [5.41, 5.74) is 1.72. The van der Waals surface area contributed by atoms with Gasteiger partial charge in [0.05, 0.1) is 65.7 Å². The molecule has 2 aromatic heterocycles. The van der Waals surface area contributed by atoms with Crippen molar-refractivity contribution in [3.63, 3.8) is 0 Å². The molecule has 0 aliphatic carbocycles. The maximum atomic E-state index is 5.51. The Balaban J connectivity index is 0.000000219. The van der Waals surface area contributed by atoms with Crippen LogP contribution in [0.3, 0.4) is 0 Å². The summed E-state index contributed by atoms with van der Waals surface area (Å²) < 4.78 is 13.2. The second-order valence-electron chi connectivity index (χ2n) is 9.60. The van der Waals surface area contributed by atoms with Crippen molar-refractivity contribution < 1.29 is 13.9 Å². The Hall–Kier alpha value is -4.06. The molecule has 41 heavy (non-hydrogen) atoms. The summed E-state index contributed by atoms with van der Waals surface area (Å²) in [6.07, 6.45) is 8.08. The monoisotopic (exact) mass is 562 g/mol. The minimum atomic E-state index is 0.302. The zero-order valence-electron chi connectivity index (χ0n) is 25.6. The van der Waals surface area contributed by atoms with Crippen LogP contribution in [0, 0.1) is 0 Å². The maximum absolute atomic E-state index is 5.51. The van der Waals surface area contributed by atoms with Gasteiger partial charge in [-0.05, 0) is 52.2 Å². The summed E-state index contributed by atoms with van der Waals surface area (Å²) in [7, 11) is 11.6. The normalized spacial score (nSPS) is 12.5. The lowest BCUT2D eigenvalue weighted by Gasteiger charge is -2.15. The molecule has 0 fully saturated rings. The van der Waals surface area contributed by atoms with Crippen LogP contribution in [0.1, 0.15) is 13.8 Å². The number of hydrogen-bond acceptors (Lipinski definition) is 7. The molecule has 2 N–H and O–H groups in total. The third-order valence-electron chi connectivity index (χ3n) is 5.93. The number of ether oxygens (including phenoxy) is 1. The average Bonchev–Trinajstić information content (AvgIpc) is 3.49. The highest BCUT2D eigenvalue weighted by molar-refractivity contribution is 5.36. The second-order valence-corrected chi connectivity index (χ2v) is 9.60. The quantitative estimate of drug-likeness (QED) is 0.216. The van der Waals surface area contributed by atoms with E-state index in [1.807, 2.05) is 146 Å². The zero-order valence-corrected chi connectivity index (χ0v) is 25.6. The number of nitrogens with zero attached hydrogens (tertiary/aromatic N) is 8. The van der Waals surface area contributed by atoms with Gasteiger partial charge in [-0.15, -0.1) is 0 Å². The van der Waals surface area contributed by atoms with Crippen molar-refractivity contribution in [3.8, 4) is 0 Å². The molecule has 2 unspecified atom stereocenters. The Kier molecular flexibility index (Phi) is 14.8.